The Kier molecular flexibility index (Phi) is 4.78. The van der Waals surface area contributed by atoms with Gasteiger partial charge in [-0.05, 0) is 30.7 Å². The maximum Gasteiger partial charge on any atom is 0.261 e. The fraction of sp³-hybridized carbons (Fsp3) is 0.182. The monoisotopic (exact) mass is 307 g/mol. The number of carbonyl (C=O) groups is 1. The van der Waals surface area contributed by atoms with Crippen molar-refractivity contribution in [2.75, 3.05) is 6.54 Å². The Hall–Kier alpha value is -1.04. The van der Waals surface area contributed by atoms with Gasteiger partial charge >= 0.3 is 0 Å². The van der Waals surface area contributed by atoms with Crippen LogP contribution < -0.4 is 5.32 Å². The molecular weight excluding hydrogens is 297 g/mol. The number of hydrogen-bond donors (Lipinski definition) is 1. The van der Waals surface area contributed by atoms with E-state index in [4.69, 9.17) is 22.3 Å². The minimum atomic E-state index is -3.86. The van der Waals surface area contributed by atoms with Crippen molar-refractivity contribution in [3.63, 3.8) is 0 Å². The number of halogens is 2. The summed E-state index contributed by atoms with van der Waals surface area (Å²) >= 11 is 5.52. The predicted molar refractivity (Wildman–Crippen MR) is 71.5 cm³/mol. The number of benzene rings is 1. The molecule has 1 rings (SSSR count). The Bertz CT molecular complexity index is 596. The third-order valence-corrected chi connectivity index (χ3v) is 3.50. The Morgan fingerprint density at radius 2 is 2.00 bits per heavy atom. The van der Waals surface area contributed by atoms with Gasteiger partial charge in [0.25, 0.3) is 15.0 Å². The maximum absolute atomic E-state index is 11.7. The molecule has 1 N–H and O–H groups in total. The summed E-state index contributed by atoms with van der Waals surface area (Å²) in [5, 5.41) is 2.77. The lowest BCUT2D eigenvalue weighted by molar-refractivity contribution is 0.0957. The van der Waals surface area contributed by atoms with Gasteiger partial charge in [0, 0.05) is 21.3 Å². The van der Waals surface area contributed by atoms with Crippen molar-refractivity contribution in [2.45, 2.75) is 11.8 Å². The van der Waals surface area contributed by atoms with Crippen molar-refractivity contribution >= 4 is 37.2 Å². The second-order valence-corrected chi connectivity index (χ2v) is 6.77. The van der Waals surface area contributed by atoms with Crippen molar-refractivity contribution < 1.29 is 13.2 Å². The first-order valence-corrected chi connectivity index (χ1v) is 7.56. The van der Waals surface area contributed by atoms with Gasteiger partial charge in [0.2, 0.25) is 0 Å². The van der Waals surface area contributed by atoms with E-state index in [1.165, 1.54) is 12.1 Å². The molecule has 98 valence electrons. The highest BCUT2D eigenvalue weighted by Gasteiger charge is 2.14. The fourth-order valence-corrected chi connectivity index (χ4v) is 2.23. The molecule has 18 heavy (non-hydrogen) atoms. The summed E-state index contributed by atoms with van der Waals surface area (Å²) < 4.78 is 22.4. The molecule has 1 amide bonds. The first-order valence-electron chi connectivity index (χ1n) is 4.88. The molecule has 0 fully saturated rings. The van der Waals surface area contributed by atoms with Gasteiger partial charge in [-0.15, -0.1) is 0 Å². The normalized spacial score (nSPS) is 11.1. The van der Waals surface area contributed by atoms with Gasteiger partial charge in [-0.2, -0.15) is 0 Å². The molecule has 0 aliphatic carbocycles. The van der Waals surface area contributed by atoms with Gasteiger partial charge in [-0.3, -0.25) is 4.79 Å². The lowest BCUT2D eigenvalue weighted by atomic mass is 10.1. The van der Waals surface area contributed by atoms with Crippen LogP contribution in [0.2, 0.25) is 0 Å². The molecule has 4 nitrogen and oxygen atoms in total. The second-order valence-electron chi connectivity index (χ2n) is 3.67. The lowest BCUT2D eigenvalue weighted by Crippen LogP contribution is -2.24. The molecule has 0 bridgehead atoms. The molecule has 1 aromatic carbocycles. The lowest BCUT2D eigenvalue weighted by Gasteiger charge is -2.06. The van der Waals surface area contributed by atoms with Crippen LogP contribution in [0.1, 0.15) is 15.9 Å². The van der Waals surface area contributed by atoms with Crippen LogP contribution in [0, 0.1) is 6.92 Å². The Balaban J connectivity index is 3.07. The molecule has 0 aromatic heterocycles. The van der Waals surface area contributed by atoms with Crippen LogP contribution in [0.3, 0.4) is 0 Å². The smallest absolute Gasteiger partial charge is 0.261 e. The Morgan fingerprint density at radius 3 is 2.50 bits per heavy atom. The average Bonchev–Trinajstić information content (AvgIpc) is 2.23. The van der Waals surface area contributed by atoms with Crippen LogP contribution in [0.25, 0.3) is 0 Å². The molecule has 0 radical (unpaired) electrons. The predicted octanol–water partition coefficient (Wildman–Crippen LogP) is 2.40. The summed E-state index contributed by atoms with van der Waals surface area (Å²) in [5.41, 5.74) is 0.818. The minimum Gasteiger partial charge on any atom is -0.347 e. The maximum atomic E-state index is 11.7. The zero-order chi connectivity index (χ0) is 13.9. The van der Waals surface area contributed by atoms with E-state index < -0.39 is 15.0 Å². The van der Waals surface area contributed by atoms with E-state index >= 15 is 0 Å². The quantitative estimate of drug-likeness (QED) is 0.869. The molecule has 0 heterocycles. The number of aryl methyl sites for hydroxylation is 1. The first-order chi connectivity index (χ1) is 8.20. The van der Waals surface area contributed by atoms with Crippen molar-refractivity contribution in [3.05, 3.63) is 40.9 Å². The van der Waals surface area contributed by atoms with E-state index in [-0.39, 0.29) is 22.0 Å². The van der Waals surface area contributed by atoms with Crippen LogP contribution in [0.15, 0.2) is 34.7 Å². The average molecular weight is 308 g/mol. The molecule has 0 atom stereocenters. The van der Waals surface area contributed by atoms with Crippen molar-refractivity contribution in [1.82, 2.24) is 5.32 Å². The SMILES string of the molecule is C=C(Cl)CNC(=O)c1cc(C)cc(S(=O)(=O)Cl)c1. The number of rotatable bonds is 4. The summed E-state index contributed by atoms with van der Waals surface area (Å²) in [6, 6.07) is 4.15. The van der Waals surface area contributed by atoms with Crippen molar-refractivity contribution in [2.24, 2.45) is 0 Å². The van der Waals surface area contributed by atoms with Gasteiger partial charge in [-0.25, -0.2) is 8.42 Å². The zero-order valence-electron chi connectivity index (χ0n) is 9.54. The van der Waals surface area contributed by atoms with E-state index in [1.807, 2.05) is 0 Å². The molecule has 0 saturated heterocycles. The molecule has 7 heteroatoms. The number of carbonyl (C=O) groups excluding carboxylic acids is 1. The van der Waals surface area contributed by atoms with E-state index in [2.05, 4.69) is 11.9 Å². The minimum absolute atomic E-state index is 0.108. The number of hydrogen-bond acceptors (Lipinski definition) is 3. The van der Waals surface area contributed by atoms with Gasteiger partial charge in [0.15, 0.2) is 0 Å². The Labute approximate surface area is 115 Å². The summed E-state index contributed by atoms with van der Waals surface area (Å²) in [4.78, 5) is 11.6. The number of amides is 1. The highest BCUT2D eigenvalue weighted by molar-refractivity contribution is 8.13. The van der Waals surface area contributed by atoms with Crippen LogP contribution in [-0.2, 0) is 9.05 Å². The second kappa shape index (κ2) is 5.73. The topological polar surface area (TPSA) is 63.2 Å². The van der Waals surface area contributed by atoms with Crippen molar-refractivity contribution in [1.29, 1.82) is 0 Å². The van der Waals surface area contributed by atoms with Gasteiger partial charge < -0.3 is 5.32 Å². The van der Waals surface area contributed by atoms with Crippen LogP contribution in [0.4, 0.5) is 0 Å². The van der Waals surface area contributed by atoms with Gasteiger partial charge in [0.05, 0.1) is 11.4 Å². The highest BCUT2D eigenvalue weighted by Crippen LogP contribution is 2.18. The molecule has 0 aliphatic rings. The van der Waals surface area contributed by atoms with E-state index in [9.17, 15) is 13.2 Å². The fourth-order valence-electron chi connectivity index (χ4n) is 1.30. The van der Waals surface area contributed by atoms with E-state index in [0.717, 1.165) is 0 Å². The molecule has 0 spiro atoms. The molecule has 0 aliphatic heterocycles. The molecule has 0 saturated carbocycles. The summed E-state index contributed by atoms with van der Waals surface area (Å²) in [6.07, 6.45) is 0. The zero-order valence-corrected chi connectivity index (χ0v) is 11.9. The highest BCUT2D eigenvalue weighted by atomic mass is 35.7. The van der Waals surface area contributed by atoms with Gasteiger partial charge in [0.1, 0.15) is 0 Å². The van der Waals surface area contributed by atoms with Crippen LogP contribution in [0.5, 0.6) is 0 Å². The largest absolute Gasteiger partial charge is 0.347 e. The van der Waals surface area contributed by atoms with Crippen LogP contribution in [-0.4, -0.2) is 20.9 Å². The van der Waals surface area contributed by atoms with E-state index in [0.29, 0.717) is 5.56 Å². The van der Waals surface area contributed by atoms with E-state index in [1.54, 1.807) is 13.0 Å². The summed E-state index contributed by atoms with van der Waals surface area (Å²) in [7, 11) is 1.38. The molecular formula is C11H11Cl2NO3S. The van der Waals surface area contributed by atoms with Crippen LogP contribution >= 0.6 is 22.3 Å². The standard InChI is InChI=1S/C11H11Cl2NO3S/c1-7-3-9(11(15)14-6-8(2)12)5-10(4-7)18(13,16)17/h3-5H,2,6H2,1H3,(H,14,15). The molecule has 1 aromatic rings. The number of nitrogens with one attached hydrogen (secondary N) is 1. The van der Waals surface area contributed by atoms with Crippen molar-refractivity contribution in [3.8, 4) is 0 Å². The summed E-state index contributed by atoms with van der Waals surface area (Å²) in [6.45, 7) is 5.21. The molecule has 0 unspecified atom stereocenters. The third-order valence-electron chi connectivity index (χ3n) is 2.04. The summed E-state index contributed by atoms with van der Waals surface area (Å²) in [5.74, 6) is -0.443. The first kappa shape index (κ1) is 15.0. The van der Waals surface area contributed by atoms with Gasteiger partial charge in [-0.1, -0.05) is 18.2 Å². The third kappa shape index (κ3) is 4.33. The Morgan fingerprint density at radius 1 is 1.39 bits per heavy atom.